The molecule has 1 N–H and O–H groups in total. The molecule has 33 heavy (non-hydrogen) atoms. The second-order valence-electron chi connectivity index (χ2n) is 8.98. The molecule has 2 aliphatic heterocycles. The number of aryl methyl sites for hydroxylation is 1. The van der Waals surface area contributed by atoms with Crippen LogP contribution in [0.4, 0.5) is 10.1 Å². The molecule has 7 heteroatoms. The largest absolute Gasteiger partial charge is 0.369 e. The van der Waals surface area contributed by atoms with Crippen LogP contribution in [0.25, 0.3) is 11.1 Å². The number of anilines is 1. The molecule has 2 aromatic carbocycles. The smallest absolute Gasteiger partial charge is 0.223 e. The number of hydrogen-bond donors (Lipinski definition) is 1. The predicted molar refractivity (Wildman–Crippen MR) is 128 cm³/mol. The first-order valence-corrected chi connectivity index (χ1v) is 11.4. The highest BCUT2D eigenvalue weighted by atomic mass is 19.1. The highest BCUT2D eigenvalue weighted by Gasteiger charge is 2.40. The molecule has 0 spiro atoms. The Morgan fingerprint density at radius 3 is 2.91 bits per heavy atom. The summed E-state index contributed by atoms with van der Waals surface area (Å²) in [7, 11) is 1.78. The van der Waals surface area contributed by atoms with Crippen LogP contribution in [0.2, 0.25) is 0 Å². The number of hydrogen-bond acceptors (Lipinski definition) is 4. The van der Waals surface area contributed by atoms with E-state index in [-0.39, 0.29) is 17.8 Å². The fraction of sp³-hybridized carbons (Fsp3) is 0.346. The van der Waals surface area contributed by atoms with Crippen molar-refractivity contribution in [1.82, 2.24) is 15.1 Å². The van der Waals surface area contributed by atoms with Crippen LogP contribution < -0.4 is 4.90 Å². The van der Waals surface area contributed by atoms with E-state index in [9.17, 15) is 9.18 Å². The van der Waals surface area contributed by atoms with Gasteiger partial charge in [0.2, 0.25) is 5.91 Å². The Morgan fingerprint density at radius 1 is 1.21 bits per heavy atom. The monoisotopic (exact) mass is 445 g/mol. The highest BCUT2D eigenvalue weighted by Crippen LogP contribution is 2.35. The number of amides is 1. The Hall–Kier alpha value is -3.48. The lowest BCUT2D eigenvalue weighted by Gasteiger charge is -2.35. The summed E-state index contributed by atoms with van der Waals surface area (Å²) in [6.07, 6.45) is 7.64. The van der Waals surface area contributed by atoms with E-state index < -0.39 is 0 Å². The van der Waals surface area contributed by atoms with Crippen LogP contribution in [0.3, 0.4) is 0 Å². The van der Waals surface area contributed by atoms with Gasteiger partial charge < -0.3 is 9.80 Å². The zero-order valence-electron chi connectivity index (χ0n) is 18.7. The van der Waals surface area contributed by atoms with Crippen molar-refractivity contribution < 1.29 is 9.18 Å². The van der Waals surface area contributed by atoms with Gasteiger partial charge in [-0.2, -0.15) is 5.10 Å². The van der Waals surface area contributed by atoms with Crippen LogP contribution >= 0.6 is 0 Å². The van der Waals surface area contributed by atoms with E-state index in [2.05, 4.69) is 43.2 Å². The molecule has 2 bridgehead atoms. The molecule has 3 heterocycles. The first kappa shape index (κ1) is 21.4. The number of halogens is 1. The number of likely N-dealkylation sites (tertiary alicyclic amines) is 1. The number of nitrogens with zero attached hydrogens (tertiary/aromatic N) is 4. The maximum Gasteiger partial charge on any atom is 0.223 e. The molecule has 0 unspecified atom stereocenters. The summed E-state index contributed by atoms with van der Waals surface area (Å²) >= 11 is 0. The number of piperidine rings is 1. The van der Waals surface area contributed by atoms with E-state index in [1.807, 2.05) is 24.7 Å². The lowest BCUT2D eigenvalue weighted by Crippen LogP contribution is -2.44. The zero-order chi connectivity index (χ0) is 22.8. The van der Waals surface area contributed by atoms with Gasteiger partial charge in [-0.1, -0.05) is 18.2 Å². The third kappa shape index (κ3) is 4.53. The van der Waals surface area contributed by atoms with Gasteiger partial charge in [0.15, 0.2) is 0 Å². The minimum absolute atomic E-state index is 0.166. The number of fused-ring (bicyclic) bond motifs is 2. The number of rotatable bonds is 6. The van der Waals surface area contributed by atoms with E-state index >= 15 is 0 Å². The molecule has 3 aromatic rings. The normalized spacial score (nSPS) is 20.1. The second kappa shape index (κ2) is 9.17. The molecule has 6 nitrogen and oxygen atoms in total. The van der Waals surface area contributed by atoms with Crippen molar-refractivity contribution in [2.75, 3.05) is 31.6 Å². The summed E-state index contributed by atoms with van der Waals surface area (Å²) in [6.45, 7) is 2.55. The fourth-order valence-corrected chi connectivity index (χ4v) is 5.22. The van der Waals surface area contributed by atoms with Gasteiger partial charge >= 0.3 is 0 Å². The summed E-state index contributed by atoms with van der Waals surface area (Å²) in [5, 5.41) is 6.92. The van der Waals surface area contributed by atoms with Crippen LogP contribution in [-0.2, 0) is 11.2 Å². The van der Waals surface area contributed by atoms with Gasteiger partial charge in [0, 0.05) is 68.4 Å². The van der Waals surface area contributed by atoms with E-state index in [0.717, 1.165) is 54.0 Å². The SMILES string of the molecule is CN=Cc1cc(-c2cn[nH]c2)ccc1N1C[C@@H]2C[C@@H](C1)N(C(=O)CCc1cccc(F)c1)C2. The van der Waals surface area contributed by atoms with Crippen LogP contribution in [0.5, 0.6) is 0 Å². The third-order valence-corrected chi connectivity index (χ3v) is 6.72. The van der Waals surface area contributed by atoms with Crippen LogP contribution in [0.15, 0.2) is 59.9 Å². The molecule has 2 fully saturated rings. The van der Waals surface area contributed by atoms with Crippen molar-refractivity contribution in [3.05, 3.63) is 71.8 Å². The Bertz CT molecular complexity index is 1160. The van der Waals surface area contributed by atoms with E-state index in [4.69, 9.17) is 0 Å². The number of aliphatic imine (C=N–C) groups is 1. The number of aromatic amines is 1. The molecule has 1 aromatic heterocycles. The average molecular weight is 446 g/mol. The van der Waals surface area contributed by atoms with Gasteiger partial charge in [0.25, 0.3) is 0 Å². The fourth-order valence-electron chi connectivity index (χ4n) is 5.22. The maximum absolute atomic E-state index is 13.5. The van der Waals surface area contributed by atoms with Crippen LogP contribution in [0, 0.1) is 11.7 Å². The number of aromatic nitrogens is 2. The number of benzene rings is 2. The summed E-state index contributed by atoms with van der Waals surface area (Å²) in [6, 6.07) is 13.2. The predicted octanol–water partition coefficient (Wildman–Crippen LogP) is 3.93. The standard InChI is InChI=1S/C26H28FN5O/c1-28-12-21-11-20(22-13-29-30-14-22)6-7-25(21)31-15-19-10-24(17-31)32(16-19)26(33)8-5-18-3-2-4-23(27)9-18/h2-4,6-7,9,11-14,19,24H,5,8,10,15-17H2,1H3,(H,29,30)/t19-,24-/m0/s1. The van der Waals surface area contributed by atoms with Gasteiger partial charge in [-0.3, -0.25) is 14.9 Å². The molecule has 0 saturated carbocycles. The molecule has 2 aliphatic rings. The molecule has 2 saturated heterocycles. The van der Waals surface area contributed by atoms with Gasteiger partial charge in [0.05, 0.1) is 6.20 Å². The minimum Gasteiger partial charge on any atom is -0.369 e. The molecular formula is C26H28FN5O. The summed E-state index contributed by atoms with van der Waals surface area (Å²) in [4.78, 5) is 21.7. The molecule has 0 radical (unpaired) electrons. The lowest BCUT2D eigenvalue weighted by molar-refractivity contribution is -0.131. The Labute approximate surface area is 193 Å². The van der Waals surface area contributed by atoms with E-state index in [0.29, 0.717) is 18.8 Å². The molecule has 5 rings (SSSR count). The molecule has 170 valence electrons. The molecule has 1 amide bonds. The van der Waals surface area contributed by atoms with Crippen molar-refractivity contribution in [3.8, 4) is 11.1 Å². The van der Waals surface area contributed by atoms with Crippen molar-refractivity contribution in [2.45, 2.75) is 25.3 Å². The summed E-state index contributed by atoms with van der Waals surface area (Å²) in [5.41, 5.74) is 5.23. The Balaban J connectivity index is 1.29. The summed E-state index contributed by atoms with van der Waals surface area (Å²) in [5.74, 6) is 0.374. The minimum atomic E-state index is -0.252. The van der Waals surface area contributed by atoms with Gasteiger partial charge in [-0.25, -0.2) is 4.39 Å². The first-order valence-electron chi connectivity index (χ1n) is 11.4. The number of H-pyrrole nitrogens is 1. The van der Waals surface area contributed by atoms with Crippen LogP contribution in [0.1, 0.15) is 24.0 Å². The topological polar surface area (TPSA) is 64.6 Å². The van der Waals surface area contributed by atoms with Gasteiger partial charge in [0.1, 0.15) is 5.82 Å². The van der Waals surface area contributed by atoms with E-state index in [1.165, 1.54) is 12.1 Å². The van der Waals surface area contributed by atoms with Crippen molar-refractivity contribution in [2.24, 2.45) is 10.9 Å². The number of nitrogens with one attached hydrogen (secondary N) is 1. The van der Waals surface area contributed by atoms with Gasteiger partial charge in [-0.15, -0.1) is 0 Å². The Kier molecular flexibility index (Phi) is 5.94. The lowest BCUT2D eigenvalue weighted by atomic mass is 9.97. The summed E-state index contributed by atoms with van der Waals surface area (Å²) < 4.78 is 13.5. The number of carbonyl (C=O) groups excluding carboxylic acids is 1. The zero-order valence-corrected chi connectivity index (χ0v) is 18.7. The van der Waals surface area contributed by atoms with Crippen molar-refractivity contribution in [3.63, 3.8) is 0 Å². The van der Waals surface area contributed by atoms with Crippen molar-refractivity contribution >= 4 is 17.8 Å². The van der Waals surface area contributed by atoms with E-state index in [1.54, 1.807) is 13.1 Å². The Morgan fingerprint density at radius 2 is 2.12 bits per heavy atom. The molecular weight excluding hydrogens is 417 g/mol. The van der Waals surface area contributed by atoms with Gasteiger partial charge in [-0.05, 0) is 54.2 Å². The van der Waals surface area contributed by atoms with Crippen LogP contribution in [-0.4, -0.2) is 59.9 Å². The second-order valence-corrected chi connectivity index (χ2v) is 8.98. The number of carbonyl (C=O) groups is 1. The molecule has 2 atom stereocenters. The third-order valence-electron chi connectivity index (χ3n) is 6.72. The highest BCUT2D eigenvalue weighted by molar-refractivity contribution is 5.90. The van der Waals surface area contributed by atoms with Crippen molar-refractivity contribution in [1.29, 1.82) is 0 Å². The quantitative estimate of drug-likeness (QED) is 0.585. The maximum atomic E-state index is 13.5. The average Bonchev–Trinajstić information content (AvgIpc) is 3.45. The first-order chi connectivity index (χ1) is 16.1. The molecule has 0 aliphatic carbocycles.